The van der Waals surface area contributed by atoms with Crippen LogP contribution in [0.15, 0.2) is 65.7 Å². The first-order chi connectivity index (χ1) is 13.7. The van der Waals surface area contributed by atoms with Gasteiger partial charge in [-0.3, -0.25) is 4.99 Å². The molecule has 1 atom stereocenters. The molecule has 1 aliphatic rings. The van der Waals surface area contributed by atoms with Crippen LogP contribution in [-0.4, -0.2) is 38.8 Å². The van der Waals surface area contributed by atoms with Crippen LogP contribution in [-0.2, 0) is 16.6 Å². The van der Waals surface area contributed by atoms with Crippen LogP contribution in [0.1, 0.15) is 37.3 Å². The number of benzene rings is 2. The van der Waals surface area contributed by atoms with Crippen molar-refractivity contribution in [2.45, 2.75) is 44.1 Å². The van der Waals surface area contributed by atoms with Crippen LogP contribution in [0.25, 0.3) is 0 Å². The summed E-state index contributed by atoms with van der Waals surface area (Å²) in [7, 11) is 1.85. The maximum absolute atomic E-state index is 5.64. The maximum Gasteiger partial charge on any atom is 0.191 e. The van der Waals surface area contributed by atoms with Crippen LogP contribution in [0, 0.1) is 0 Å². The van der Waals surface area contributed by atoms with Gasteiger partial charge < -0.3 is 15.4 Å². The third-order valence-electron chi connectivity index (χ3n) is 5.75. The van der Waals surface area contributed by atoms with Crippen molar-refractivity contribution in [2.24, 2.45) is 4.99 Å². The summed E-state index contributed by atoms with van der Waals surface area (Å²) in [5.74, 6) is 0.877. The van der Waals surface area contributed by atoms with Crippen LogP contribution in [0.5, 0.6) is 0 Å². The first kappa shape index (κ1) is 20.4. The van der Waals surface area contributed by atoms with Crippen molar-refractivity contribution in [1.29, 1.82) is 0 Å². The number of aryl methyl sites for hydroxylation is 1. The minimum absolute atomic E-state index is 0.102. The van der Waals surface area contributed by atoms with E-state index in [1.807, 2.05) is 7.05 Å². The van der Waals surface area contributed by atoms with Crippen LogP contribution in [0.3, 0.4) is 0 Å². The summed E-state index contributed by atoms with van der Waals surface area (Å²) in [6.45, 7) is 4.72. The van der Waals surface area contributed by atoms with E-state index in [-0.39, 0.29) is 5.41 Å². The molecule has 0 saturated carbocycles. The highest BCUT2D eigenvalue weighted by Gasteiger charge is 2.34. The Kier molecular flexibility index (Phi) is 7.49. The molecule has 2 aromatic carbocycles. The topological polar surface area (TPSA) is 45.7 Å². The Morgan fingerprint density at radius 2 is 1.68 bits per heavy atom. The summed E-state index contributed by atoms with van der Waals surface area (Å²) in [5, 5.41) is 7.14. The Morgan fingerprint density at radius 1 is 1.04 bits per heavy atom. The molecule has 28 heavy (non-hydrogen) atoms. The molecule has 2 aromatic rings. The van der Waals surface area contributed by atoms with Gasteiger partial charge in [-0.1, -0.05) is 60.7 Å². The zero-order chi connectivity index (χ0) is 19.7. The van der Waals surface area contributed by atoms with Gasteiger partial charge in [0.05, 0.1) is 0 Å². The third-order valence-corrected chi connectivity index (χ3v) is 5.75. The molecule has 150 valence electrons. The molecule has 4 nitrogen and oxygen atoms in total. The monoisotopic (exact) mass is 379 g/mol. The summed E-state index contributed by atoms with van der Waals surface area (Å²) in [6.07, 6.45) is 4.20. The van der Waals surface area contributed by atoms with E-state index in [0.717, 1.165) is 51.4 Å². The summed E-state index contributed by atoms with van der Waals surface area (Å²) >= 11 is 0. The second kappa shape index (κ2) is 10.3. The average Bonchev–Trinajstić information content (AvgIpc) is 2.77. The number of hydrogen-bond acceptors (Lipinski definition) is 2. The molecule has 4 heteroatoms. The first-order valence-electron chi connectivity index (χ1n) is 10.4. The van der Waals surface area contributed by atoms with E-state index in [1.54, 1.807) is 0 Å². The maximum atomic E-state index is 5.64. The predicted octanol–water partition coefficient (Wildman–Crippen LogP) is 3.92. The molecule has 0 aromatic heterocycles. The number of nitrogens with zero attached hydrogens (tertiary/aromatic N) is 1. The van der Waals surface area contributed by atoms with Crippen molar-refractivity contribution in [2.75, 3.05) is 26.8 Å². The van der Waals surface area contributed by atoms with Crippen molar-refractivity contribution < 1.29 is 4.74 Å². The fraction of sp³-hybridized carbons (Fsp3) is 0.458. The Bertz CT molecular complexity index is 724. The zero-order valence-electron chi connectivity index (χ0n) is 17.2. The summed E-state index contributed by atoms with van der Waals surface area (Å²) in [4.78, 5) is 4.46. The molecular formula is C24H33N3O. The Hall–Kier alpha value is -2.33. The largest absolute Gasteiger partial charge is 0.381 e. The van der Waals surface area contributed by atoms with Gasteiger partial charge in [-0.2, -0.15) is 0 Å². The highest BCUT2D eigenvalue weighted by Crippen LogP contribution is 2.34. The van der Waals surface area contributed by atoms with Crippen molar-refractivity contribution in [3.05, 3.63) is 71.8 Å². The Balaban J connectivity index is 1.56. The molecule has 3 rings (SSSR count). The quantitative estimate of drug-likeness (QED) is 0.566. The van der Waals surface area contributed by atoms with E-state index >= 15 is 0 Å². The molecule has 0 spiro atoms. The van der Waals surface area contributed by atoms with Gasteiger partial charge in [-0.05, 0) is 43.7 Å². The van der Waals surface area contributed by atoms with Gasteiger partial charge >= 0.3 is 0 Å². The van der Waals surface area contributed by atoms with Gasteiger partial charge in [0.25, 0.3) is 0 Å². The lowest BCUT2D eigenvalue weighted by molar-refractivity contribution is 0.0513. The van der Waals surface area contributed by atoms with Crippen LogP contribution in [0.2, 0.25) is 0 Å². The summed E-state index contributed by atoms with van der Waals surface area (Å²) in [6, 6.07) is 21.8. The lowest BCUT2D eigenvalue weighted by atomic mass is 9.74. The van der Waals surface area contributed by atoms with E-state index in [2.05, 4.69) is 83.2 Å². The van der Waals surface area contributed by atoms with Gasteiger partial charge in [0, 0.05) is 38.3 Å². The summed E-state index contributed by atoms with van der Waals surface area (Å²) < 4.78 is 5.64. The second-order valence-corrected chi connectivity index (χ2v) is 7.75. The first-order valence-corrected chi connectivity index (χ1v) is 10.4. The van der Waals surface area contributed by atoms with Gasteiger partial charge in [0.1, 0.15) is 0 Å². The molecule has 0 bridgehead atoms. The number of rotatable bonds is 7. The highest BCUT2D eigenvalue weighted by atomic mass is 16.5. The molecule has 1 fully saturated rings. The zero-order valence-corrected chi connectivity index (χ0v) is 17.2. The molecular weight excluding hydrogens is 346 g/mol. The van der Waals surface area contributed by atoms with E-state index < -0.39 is 0 Å². The fourth-order valence-electron chi connectivity index (χ4n) is 3.90. The van der Waals surface area contributed by atoms with Gasteiger partial charge in [0.15, 0.2) is 5.96 Å². The van der Waals surface area contributed by atoms with Crippen LogP contribution >= 0.6 is 0 Å². The lowest BCUT2D eigenvalue weighted by Crippen LogP contribution is -2.49. The number of hydrogen-bond donors (Lipinski definition) is 2. The number of aliphatic imine (C=N–C) groups is 1. The number of nitrogens with one attached hydrogen (secondary N) is 2. The SMILES string of the molecule is CN=C(NCC1(c2ccccc2)CCOCC1)NC(C)CCc1ccccc1. The van der Waals surface area contributed by atoms with E-state index in [1.165, 1.54) is 11.1 Å². The van der Waals surface area contributed by atoms with Crippen molar-refractivity contribution >= 4 is 5.96 Å². The summed E-state index contributed by atoms with van der Waals surface area (Å²) in [5.41, 5.74) is 2.87. The Morgan fingerprint density at radius 3 is 2.32 bits per heavy atom. The lowest BCUT2D eigenvalue weighted by Gasteiger charge is -2.38. The van der Waals surface area contributed by atoms with E-state index in [9.17, 15) is 0 Å². The Labute approximate surface area is 169 Å². The minimum atomic E-state index is 0.102. The molecule has 1 saturated heterocycles. The number of ether oxygens (including phenoxy) is 1. The minimum Gasteiger partial charge on any atom is -0.381 e. The molecule has 1 unspecified atom stereocenters. The predicted molar refractivity (Wildman–Crippen MR) is 117 cm³/mol. The highest BCUT2D eigenvalue weighted by molar-refractivity contribution is 5.80. The second-order valence-electron chi connectivity index (χ2n) is 7.75. The van der Waals surface area contributed by atoms with Crippen molar-refractivity contribution in [1.82, 2.24) is 10.6 Å². The standard InChI is InChI=1S/C24H33N3O/c1-20(13-14-21-9-5-3-6-10-21)27-23(25-2)26-19-24(15-17-28-18-16-24)22-11-7-4-8-12-22/h3-12,20H,13-19H2,1-2H3,(H2,25,26,27). The van der Waals surface area contributed by atoms with Gasteiger partial charge in [-0.15, -0.1) is 0 Å². The van der Waals surface area contributed by atoms with Crippen molar-refractivity contribution in [3.63, 3.8) is 0 Å². The van der Waals surface area contributed by atoms with E-state index in [4.69, 9.17) is 4.74 Å². The molecule has 2 N–H and O–H groups in total. The molecule has 0 amide bonds. The normalized spacial score (nSPS) is 17.7. The average molecular weight is 380 g/mol. The van der Waals surface area contributed by atoms with Crippen LogP contribution < -0.4 is 10.6 Å². The van der Waals surface area contributed by atoms with Crippen molar-refractivity contribution in [3.8, 4) is 0 Å². The van der Waals surface area contributed by atoms with E-state index in [0.29, 0.717) is 6.04 Å². The fourth-order valence-corrected chi connectivity index (χ4v) is 3.90. The molecule has 1 aliphatic heterocycles. The smallest absolute Gasteiger partial charge is 0.191 e. The van der Waals surface area contributed by atoms with Crippen LogP contribution in [0.4, 0.5) is 0 Å². The third kappa shape index (κ3) is 5.59. The van der Waals surface area contributed by atoms with Gasteiger partial charge in [0.2, 0.25) is 0 Å². The molecule has 0 aliphatic carbocycles. The number of guanidine groups is 1. The molecule has 0 radical (unpaired) electrons. The van der Waals surface area contributed by atoms with Gasteiger partial charge in [-0.25, -0.2) is 0 Å². The molecule has 1 heterocycles.